The first-order valence-electron chi connectivity index (χ1n) is 8.54. The zero-order valence-electron chi connectivity index (χ0n) is 14.1. The van der Waals surface area contributed by atoms with E-state index in [1.54, 1.807) is 13.1 Å². The van der Waals surface area contributed by atoms with Gasteiger partial charge in [0.25, 0.3) is 0 Å². The fourth-order valence-corrected chi connectivity index (χ4v) is 3.26. The van der Waals surface area contributed by atoms with E-state index in [2.05, 4.69) is 15.2 Å². The Morgan fingerprint density at radius 3 is 2.83 bits per heavy atom. The van der Waals surface area contributed by atoms with Gasteiger partial charge >= 0.3 is 0 Å². The minimum absolute atomic E-state index is 0.0736. The summed E-state index contributed by atoms with van der Waals surface area (Å²) in [7, 11) is 0. The number of carbonyl (C=O) groups excluding carboxylic acids is 1. The van der Waals surface area contributed by atoms with Crippen LogP contribution in [0.2, 0.25) is 0 Å². The molecule has 2 aliphatic rings. The summed E-state index contributed by atoms with van der Waals surface area (Å²) in [6, 6.07) is 5.73. The number of rotatable bonds is 5. The maximum absolute atomic E-state index is 11.4. The minimum atomic E-state index is -0.528. The van der Waals surface area contributed by atoms with Crippen molar-refractivity contribution in [3.63, 3.8) is 0 Å². The number of ether oxygens (including phenoxy) is 1. The van der Waals surface area contributed by atoms with Crippen LogP contribution < -0.4 is 5.32 Å². The lowest BCUT2D eigenvalue weighted by Crippen LogP contribution is -2.51. The third kappa shape index (κ3) is 4.30. The Bertz CT molecular complexity index is 534. The molecule has 24 heavy (non-hydrogen) atoms. The highest BCUT2D eigenvalue weighted by atomic mass is 16.5. The van der Waals surface area contributed by atoms with Gasteiger partial charge in [-0.25, -0.2) is 0 Å². The number of amides is 1. The summed E-state index contributed by atoms with van der Waals surface area (Å²) in [5.41, 5.74) is 0.952. The molecule has 7 nitrogen and oxygen atoms in total. The SMILES string of the molecule is CC(=O)N1CCN(C[C@@H]2OC[C@H](NCc3ccccn3)[C@H]2O)CC1. The molecule has 2 aliphatic heterocycles. The van der Waals surface area contributed by atoms with Gasteiger partial charge in [-0.3, -0.25) is 14.7 Å². The van der Waals surface area contributed by atoms with Gasteiger partial charge in [0.05, 0.1) is 30.6 Å². The van der Waals surface area contributed by atoms with Crippen LogP contribution >= 0.6 is 0 Å². The molecule has 2 fully saturated rings. The van der Waals surface area contributed by atoms with Crippen molar-refractivity contribution in [3.8, 4) is 0 Å². The van der Waals surface area contributed by atoms with Crippen LogP contribution in [-0.4, -0.2) is 83.4 Å². The molecule has 2 saturated heterocycles. The second-order valence-electron chi connectivity index (χ2n) is 6.48. The smallest absolute Gasteiger partial charge is 0.219 e. The Morgan fingerprint density at radius 2 is 2.17 bits per heavy atom. The van der Waals surface area contributed by atoms with Crippen molar-refractivity contribution in [2.45, 2.75) is 31.7 Å². The quantitative estimate of drug-likeness (QED) is 0.753. The van der Waals surface area contributed by atoms with Gasteiger partial charge < -0.3 is 20.1 Å². The van der Waals surface area contributed by atoms with Crippen LogP contribution in [0.25, 0.3) is 0 Å². The Hall–Kier alpha value is -1.54. The highest BCUT2D eigenvalue weighted by Gasteiger charge is 2.37. The number of carbonyl (C=O) groups is 1. The maximum Gasteiger partial charge on any atom is 0.219 e. The minimum Gasteiger partial charge on any atom is -0.389 e. The highest BCUT2D eigenvalue weighted by Crippen LogP contribution is 2.17. The Balaban J connectivity index is 1.43. The van der Waals surface area contributed by atoms with Gasteiger partial charge in [-0.2, -0.15) is 0 Å². The van der Waals surface area contributed by atoms with E-state index in [1.165, 1.54) is 0 Å². The molecule has 0 aromatic carbocycles. The van der Waals surface area contributed by atoms with Gasteiger partial charge in [0.2, 0.25) is 5.91 Å². The normalized spacial score (nSPS) is 28.2. The fourth-order valence-electron chi connectivity index (χ4n) is 3.26. The monoisotopic (exact) mass is 334 g/mol. The number of piperazine rings is 1. The number of hydrogen-bond acceptors (Lipinski definition) is 6. The van der Waals surface area contributed by atoms with Crippen LogP contribution in [0.15, 0.2) is 24.4 Å². The van der Waals surface area contributed by atoms with Gasteiger partial charge in [-0.15, -0.1) is 0 Å². The third-order valence-corrected chi connectivity index (χ3v) is 4.81. The number of nitrogens with zero attached hydrogens (tertiary/aromatic N) is 3. The first-order valence-corrected chi connectivity index (χ1v) is 8.54. The van der Waals surface area contributed by atoms with Crippen LogP contribution in [0.3, 0.4) is 0 Å². The van der Waals surface area contributed by atoms with Crippen molar-refractivity contribution in [3.05, 3.63) is 30.1 Å². The van der Waals surface area contributed by atoms with E-state index < -0.39 is 6.10 Å². The summed E-state index contributed by atoms with van der Waals surface area (Å²) in [4.78, 5) is 19.8. The van der Waals surface area contributed by atoms with Crippen molar-refractivity contribution in [1.29, 1.82) is 0 Å². The Morgan fingerprint density at radius 1 is 1.38 bits per heavy atom. The predicted molar refractivity (Wildman–Crippen MR) is 89.3 cm³/mol. The van der Waals surface area contributed by atoms with Crippen molar-refractivity contribution >= 4 is 5.91 Å². The summed E-state index contributed by atoms with van der Waals surface area (Å²) in [6.45, 7) is 6.60. The van der Waals surface area contributed by atoms with Gasteiger partial charge in [-0.05, 0) is 12.1 Å². The van der Waals surface area contributed by atoms with Crippen LogP contribution in [0, 0.1) is 0 Å². The number of nitrogens with one attached hydrogen (secondary N) is 1. The third-order valence-electron chi connectivity index (χ3n) is 4.81. The zero-order valence-corrected chi connectivity index (χ0v) is 14.1. The lowest BCUT2D eigenvalue weighted by atomic mass is 10.1. The highest BCUT2D eigenvalue weighted by molar-refractivity contribution is 5.73. The molecule has 2 N–H and O–H groups in total. The summed E-state index contributed by atoms with van der Waals surface area (Å²) >= 11 is 0. The van der Waals surface area contributed by atoms with Crippen molar-refractivity contribution in [2.24, 2.45) is 0 Å². The van der Waals surface area contributed by atoms with Gasteiger partial charge in [0.15, 0.2) is 0 Å². The lowest BCUT2D eigenvalue weighted by molar-refractivity contribution is -0.130. The van der Waals surface area contributed by atoms with E-state index in [1.807, 2.05) is 23.1 Å². The van der Waals surface area contributed by atoms with Gasteiger partial charge in [0.1, 0.15) is 0 Å². The average molecular weight is 334 g/mol. The summed E-state index contributed by atoms with van der Waals surface area (Å²) in [5, 5.41) is 13.8. The summed E-state index contributed by atoms with van der Waals surface area (Å²) in [5.74, 6) is 0.130. The molecule has 1 aromatic heterocycles. The standard InChI is InChI=1S/C17H26N4O3/c1-13(22)21-8-6-20(7-9-21)11-16-17(23)15(12-24-16)19-10-14-4-2-3-5-18-14/h2-5,15-17,19,23H,6-12H2,1H3/t15-,16-,17+/m0/s1. The molecule has 3 atom stereocenters. The molecule has 0 spiro atoms. The molecule has 1 aromatic rings. The molecule has 3 heterocycles. The molecule has 7 heteroatoms. The Labute approximate surface area is 142 Å². The number of pyridine rings is 1. The van der Waals surface area contributed by atoms with Crippen molar-refractivity contribution in [1.82, 2.24) is 20.1 Å². The number of aliphatic hydroxyl groups is 1. The van der Waals surface area contributed by atoms with Crippen LogP contribution in [0.1, 0.15) is 12.6 Å². The molecule has 0 unspecified atom stereocenters. The molecule has 132 valence electrons. The number of hydrogen-bond donors (Lipinski definition) is 2. The van der Waals surface area contributed by atoms with Crippen LogP contribution in [0.4, 0.5) is 0 Å². The molecule has 0 bridgehead atoms. The van der Waals surface area contributed by atoms with E-state index in [-0.39, 0.29) is 18.1 Å². The van der Waals surface area contributed by atoms with E-state index in [0.29, 0.717) is 19.7 Å². The van der Waals surface area contributed by atoms with Crippen molar-refractivity contribution in [2.75, 3.05) is 39.3 Å². The molecule has 0 aliphatic carbocycles. The van der Waals surface area contributed by atoms with E-state index >= 15 is 0 Å². The van der Waals surface area contributed by atoms with Crippen LogP contribution in [0.5, 0.6) is 0 Å². The molecular weight excluding hydrogens is 308 g/mol. The largest absolute Gasteiger partial charge is 0.389 e. The fraction of sp³-hybridized carbons (Fsp3) is 0.647. The number of aromatic nitrogens is 1. The predicted octanol–water partition coefficient (Wildman–Crippen LogP) is -0.536. The van der Waals surface area contributed by atoms with Crippen molar-refractivity contribution < 1.29 is 14.6 Å². The second-order valence-corrected chi connectivity index (χ2v) is 6.48. The molecule has 1 amide bonds. The first-order chi connectivity index (χ1) is 11.6. The van der Waals surface area contributed by atoms with E-state index in [4.69, 9.17) is 4.74 Å². The zero-order chi connectivity index (χ0) is 16.9. The topological polar surface area (TPSA) is 77.9 Å². The first kappa shape index (κ1) is 17.3. The number of aliphatic hydroxyl groups excluding tert-OH is 1. The lowest BCUT2D eigenvalue weighted by Gasteiger charge is -2.35. The molecule has 3 rings (SSSR count). The van der Waals surface area contributed by atoms with E-state index in [9.17, 15) is 9.90 Å². The van der Waals surface area contributed by atoms with Gasteiger partial charge in [0, 0.05) is 52.4 Å². The molecule has 0 saturated carbocycles. The Kier molecular flexibility index (Phi) is 5.78. The molecule has 0 radical (unpaired) electrons. The molecular formula is C17H26N4O3. The summed E-state index contributed by atoms with van der Waals surface area (Å²) in [6.07, 6.45) is 1.05. The maximum atomic E-state index is 11.4. The van der Waals surface area contributed by atoms with Gasteiger partial charge in [-0.1, -0.05) is 6.07 Å². The average Bonchev–Trinajstić information content (AvgIpc) is 2.94. The van der Waals surface area contributed by atoms with Crippen LogP contribution in [-0.2, 0) is 16.1 Å². The second kappa shape index (κ2) is 8.02. The summed E-state index contributed by atoms with van der Waals surface area (Å²) < 4.78 is 5.79. The van der Waals surface area contributed by atoms with E-state index in [0.717, 1.165) is 31.9 Å².